The van der Waals surface area contributed by atoms with Crippen LogP contribution in [0.3, 0.4) is 0 Å². The van der Waals surface area contributed by atoms with Gasteiger partial charge in [-0.25, -0.2) is 0 Å². The van der Waals surface area contributed by atoms with Crippen LogP contribution in [0.15, 0.2) is 72.8 Å². The Balaban J connectivity index is 1.61. The minimum atomic E-state index is -1.40. The van der Waals surface area contributed by atoms with E-state index in [1.165, 1.54) is 7.11 Å². The van der Waals surface area contributed by atoms with E-state index < -0.39 is 17.4 Å². The Morgan fingerprint density at radius 1 is 1.10 bits per heavy atom. The molecule has 2 aromatic rings. The number of benzene rings is 2. The molecule has 0 amide bonds. The van der Waals surface area contributed by atoms with Gasteiger partial charge < -0.3 is 0 Å². The summed E-state index contributed by atoms with van der Waals surface area (Å²) in [6, 6.07) is 19.9. The number of hydrogen-bond acceptors (Lipinski definition) is 5. The van der Waals surface area contributed by atoms with Gasteiger partial charge >= 0.3 is 176 Å². The van der Waals surface area contributed by atoms with E-state index in [2.05, 4.69) is 0 Å². The molecule has 2 heterocycles. The summed E-state index contributed by atoms with van der Waals surface area (Å²) in [5.41, 5.74) is -0.325. The van der Waals surface area contributed by atoms with Crippen molar-refractivity contribution >= 4 is 31.4 Å². The third kappa shape index (κ3) is 3.76. The molecule has 3 aliphatic rings. The Labute approximate surface area is 176 Å². The van der Waals surface area contributed by atoms with Crippen LogP contribution in [0.2, 0.25) is 4.82 Å². The monoisotopic (exact) mass is 458 g/mol. The first-order chi connectivity index (χ1) is 14.1. The fraction of sp³-hybridized carbons (Fsp3) is 0.304. The van der Waals surface area contributed by atoms with Crippen LogP contribution in [0.4, 0.5) is 0 Å². The molecule has 6 heteroatoms. The van der Waals surface area contributed by atoms with Crippen molar-refractivity contribution in [2.24, 2.45) is 11.3 Å². The number of carbonyl (C=O) groups excluding carboxylic acids is 2. The first-order valence-corrected chi connectivity index (χ1v) is 11.3. The van der Waals surface area contributed by atoms with Crippen LogP contribution in [0.1, 0.15) is 5.56 Å². The molecule has 2 aromatic carbocycles. The van der Waals surface area contributed by atoms with Gasteiger partial charge in [-0.05, 0) is 0 Å². The molecule has 0 aromatic heterocycles. The first kappa shape index (κ1) is 19.9. The molecule has 0 saturated carbocycles. The van der Waals surface area contributed by atoms with E-state index in [4.69, 9.17) is 14.2 Å². The number of fused-ring (bicyclic) bond motifs is 2. The third-order valence-electron chi connectivity index (χ3n) is 5.34. The van der Waals surface area contributed by atoms with Crippen LogP contribution in [-0.4, -0.2) is 46.7 Å². The number of esters is 2. The Hall–Kier alpha value is -2.40. The zero-order valence-electron chi connectivity index (χ0n) is 16.0. The van der Waals surface area contributed by atoms with Crippen LogP contribution < -0.4 is 4.46 Å². The summed E-state index contributed by atoms with van der Waals surface area (Å²) in [5, 5.41) is 0. The van der Waals surface area contributed by atoms with Gasteiger partial charge in [0.25, 0.3) is 0 Å². The summed E-state index contributed by atoms with van der Waals surface area (Å²) >= 11 is -0.140. The standard InChI is InChI=1S/C23H22O5Se/c1-26-21(24)23-13-12-19(28-22(23)25)18(15-27-14-16-8-4-2-5-9-16)20(23)29-17-10-6-3-7-11-17/h2-13,18-20H,14-15H2,1H3/t18-,19-,20+,23+/m1/s1. The van der Waals surface area contributed by atoms with Crippen molar-refractivity contribution in [3.8, 4) is 0 Å². The van der Waals surface area contributed by atoms with Gasteiger partial charge in [0.1, 0.15) is 0 Å². The van der Waals surface area contributed by atoms with E-state index in [9.17, 15) is 9.59 Å². The van der Waals surface area contributed by atoms with Gasteiger partial charge in [-0.15, -0.1) is 0 Å². The van der Waals surface area contributed by atoms with E-state index in [1.807, 2.05) is 66.7 Å². The van der Waals surface area contributed by atoms with Gasteiger partial charge in [-0.1, -0.05) is 0 Å². The van der Waals surface area contributed by atoms with E-state index in [0.29, 0.717) is 13.2 Å². The molecule has 1 saturated heterocycles. The first-order valence-electron chi connectivity index (χ1n) is 9.47. The molecular formula is C23H22O5Se. The van der Waals surface area contributed by atoms with Crippen LogP contribution >= 0.6 is 0 Å². The number of ether oxygens (including phenoxy) is 3. The van der Waals surface area contributed by atoms with E-state index in [0.717, 1.165) is 10.0 Å². The van der Waals surface area contributed by atoms with Gasteiger partial charge in [0.05, 0.1) is 0 Å². The molecule has 4 atom stereocenters. The Bertz CT molecular complexity index is 898. The molecule has 1 fully saturated rings. The Kier molecular flexibility index (Phi) is 5.86. The second-order valence-corrected chi connectivity index (χ2v) is 9.65. The van der Waals surface area contributed by atoms with E-state index in [-0.39, 0.29) is 31.8 Å². The SMILES string of the molecule is COC(=O)[C@@]12C=C[C@@H](OC1=O)[C@@H](COCc1ccccc1)[C@@H]2[Se]c1ccccc1. The summed E-state index contributed by atoms with van der Waals surface area (Å²) in [5.74, 6) is -1.19. The second-order valence-electron chi connectivity index (χ2n) is 7.11. The number of carbonyl (C=O) groups is 2. The molecule has 1 aliphatic carbocycles. The van der Waals surface area contributed by atoms with Crippen molar-refractivity contribution in [1.82, 2.24) is 0 Å². The zero-order chi connectivity index (χ0) is 20.3. The zero-order valence-corrected chi connectivity index (χ0v) is 17.7. The van der Waals surface area contributed by atoms with Gasteiger partial charge in [-0.2, -0.15) is 0 Å². The molecule has 29 heavy (non-hydrogen) atoms. The molecule has 0 radical (unpaired) electrons. The predicted octanol–water partition coefficient (Wildman–Crippen LogP) is 2.29. The molecular weight excluding hydrogens is 435 g/mol. The maximum absolute atomic E-state index is 12.8. The third-order valence-corrected chi connectivity index (χ3v) is 8.53. The second kappa shape index (κ2) is 8.54. The fourth-order valence-electron chi connectivity index (χ4n) is 3.86. The van der Waals surface area contributed by atoms with Crippen molar-refractivity contribution in [3.63, 3.8) is 0 Å². The van der Waals surface area contributed by atoms with Gasteiger partial charge in [0.15, 0.2) is 0 Å². The quantitative estimate of drug-likeness (QED) is 0.276. The molecule has 5 nitrogen and oxygen atoms in total. The number of hydrogen-bond donors (Lipinski definition) is 0. The number of methoxy groups -OCH3 is 1. The normalized spacial score (nSPS) is 27.5. The van der Waals surface area contributed by atoms with Gasteiger partial charge in [-0.3, -0.25) is 0 Å². The van der Waals surface area contributed by atoms with Crippen molar-refractivity contribution in [2.45, 2.75) is 17.5 Å². The van der Waals surface area contributed by atoms with E-state index in [1.54, 1.807) is 6.08 Å². The van der Waals surface area contributed by atoms with Crippen molar-refractivity contribution in [2.75, 3.05) is 13.7 Å². The summed E-state index contributed by atoms with van der Waals surface area (Å²) < 4.78 is 17.8. The van der Waals surface area contributed by atoms with Gasteiger partial charge in [0, 0.05) is 0 Å². The van der Waals surface area contributed by atoms with Crippen molar-refractivity contribution < 1.29 is 23.8 Å². The summed E-state index contributed by atoms with van der Waals surface area (Å²) in [6.45, 7) is 0.868. The molecule has 150 valence electrons. The van der Waals surface area contributed by atoms with Gasteiger partial charge in [0.2, 0.25) is 0 Å². The molecule has 2 bridgehead atoms. The van der Waals surface area contributed by atoms with Crippen LogP contribution in [-0.2, 0) is 30.4 Å². The predicted molar refractivity (Wildman–Crippen MR) is 109 cm³/mol. The van der Waals surface area contributed by atoms with Crippen LogP contribution in [0, 0.1) is 11.3 Å². The molecule has 2 aliphatic heterocycles. The van der Waals surface area contributed by atoms with Crippen molar-refractivity contribution in [1.29, 1.82) is 0 Å². The van der Waals surface area contributed by atoms with Crippen LogP contribution in [0.25, 0.3) is 0 Å². The number of rotatable bonds is 7. The minimum absolute atomic E-state index is 0.110. The summed E-state index contributed by atoms with van der Waals surface area (Å²) in [6.07, 6.45) is 3.12. The molecule has 0 N–H and O–H groups in total. The maximum atomic E-state index is 12.8. The summed E-state index contributed by atoms with van der Waals surface area (Å²) in [4.78, 5) is 25.4. The average molecular weight is 457 g/mol. The van der Waals surface area contributed by atoms with E-state index >= 15 is 0 Å². The fourth-order valence-corrected chi connectivity index (χ4v) is 6.95. The topological polar surface area (TPSA) is 61.8 Å². The van der Waals surface area contributed by atoms with Crippen LogP contribution in [0.5, 0.6) is 0 Å². The Morgan fingerprint density at radius 2 is 1.79 bits per heavy atom. The molecule has 0 unspecified atom stereocenters. The molecule has 0 spiro atoms. The molecule has 5 rings (SSSR count). The average Bonchev–Trinajstić information content (AvgIpc) is 2.76. The Morgan fingerprint density at radius 3 is 2.45 bits per heavy atom. The van der Waals surface area contributed by atoms with Crippen molar-refractivity contribution in [3.05, 3.63) is 78.4 Å². The summed E-state index contributed by atoms with van der Waals surface area (Å²) in [7, 11) is 1.31.